The second-order valence-electron chi connectivity index (χ2n) is 3.18. The van der Waals surface area contributed by atoms with E-state index in [0.717, 1.165) is 35.1 Å². The Morgan fingerprint density at radius 3 is 3.00 bits per heavy atom. The number of hydrogen-bond acceptors (Lipinski definition) is 5. The maximum atomic E-state index is 5.41. The van der Waals surface area contributed by atoms with E-state index in [2.05, 4.69) is 22.2 Å². The number of thiazole rings is 1. The predicted octanol–water partition coefficient (Wildman–Crippen LogP) is 2.22. The van der Waals surface area contributed by atoms with Gasteiger partial charge in [0.15, 0.2) is 12.2 Å². The molecular weight excluding hydrogens is 210 g/mol. The first-order valence-electron chi connectivity index (χ1n) is 4.86. The Morgan fingerprint density at radius 2 is 2.33 bits per heavy atom. The van der Waals surface area contributed by atoms with E-state index in [-0.39, 0.29) is 0 Å². The fraction of sp³-hybridized carbons (Fsp3) is 0.400. The van der Waals surface area contributed by atoms with E-state index in [1.165, 1.54) is 6.39 Å². The lowest BCUT2D eigenvalue weighted by Crippen LogP contribution is -2.12. The average molecular weight is 223 g/mol. The van der Waals surface area contributed by atoms with Gasteiger partial charge in [-0.15, -0.1) is 11.3 Å². The van der Waals surface area contributed by atoms with Gasteiger partial charge in [0.05, 0.1) is 16.1 Å². The standard InChI is InChI=1S/C10H13N3OS/c1-3-11-4-8-9(14-5-12-8)10-7(2)13-6-15-10/h5-6,11H,3-4H2,1-2H3. The van der Waals surface area contributed by atoms with Crippen molar-refractivity contribution in [3.8, 4) is 10.6 Å². The van der Waals surface area contributed by atoms with Gasteiger partial charge in [-0.3, -0.25) is 0 Å². The number of rotatable bonds is 4. The molecule has 0 saturated heterocycles. The van der Waals surface area contributed by atoms with Crippen LogP contribution < -0.4 is 5.32 Å². The van der Waals surface area contributed by atoms with Gasteiger partial charge in [0, 0.05) is 6.54 Å². The Balaban J connectivity index is 2.29. The van der Waals surface area contributed by atoms with Gasteiger partial charge in [-0.1, -0.05) is 6.92 Å². The highest BCUT2D eigenvalue weighted by Gasteiger charge is 2.14. The van der Waals surface area contributed by atoms with E-state index in [0.29, 0.717) is 0 Å². The number of hydrogen-bond donors (Lipinski definition) is 1. The van der Waals surface area contributed by atoms with Crippen LogP contribution in [0, 0.1) is 6.92 Å². The van der Waals surface area contributed by atoms with Crippen molar-refractivity contribution in [2.24, 2.45) is 0 Å². The Labute approximate surface area is 92.4 Å². The van der Waals surface area contributed by atoms with Crippen LogP contribution in [0.15, 0.2) is 16.3 Å². The summed E-state index contributed by atoms with van der Waals surface area (Å²) in [5.74, 6) is 0.843. The largest absolute Gasteiger partial charge is 0.442 e. The van der Waals surface area contributed by atoms with Gasteiger partial charge in [-0.05, 0) is 13.5 Å². The monoisotopic (exact) mass is 223 g/mol. The Hall–Kier alpha value is -1.20. The van der Waals surface area contributed by atoms with Crippen LogP contribution in [-0.4, -0.2) is 16.5 Å². The summed E-state index contributed by atoms with van der Waals surface area (Å²) < 4.78 is 5.41. The summed E-state index contributed by atoms with van der Waals surface area (Å²) in [6, 6.07) is 0. The van der Waals surface area contributed by atoms with E-state index >= 15 is 0 Å². The fourth-order valence-electron chi connectivity index (χ4n) is 1.34. The van der Waals surface area contributed by atoms with Crippen molar-refractivity contribution in [3.63, 3.8) is 0 Å². The zero-order chi connectivity index (χ0) is 10.7. The summed E-state index contributed by atoms with van der Waals surface area (Å²) in [6.45, 7) is 5.71. The summed E-state index contributed by atoms with van der Waals surface area (Å²) >= 11 is 1.58. The van der Waals surface area contributed by atoms with Crippen LogP contribution in [-0.2, 0) is 6.54 Å². The van der Waals surface area contributed by atoms with Gasteiger partial charge in [-0.25, -0.2) is 9.97 Å². The highest BCUT2D eigenvalue weighted by molar-refractivity contribution is 7.13. The van der Waals surface area contributed by atoms with Crippen molar-refractivity contribution in [1.29, 1.82) is 0 Å². The van der Waals surface area contributed by atoms with Crippen molar-refractivity contribution >= 4 is 11.3 Å². The van der Waals surface area contributed by atoms with Crippen molar-refractivity contribution in [3.05, 3.63) is 23.3 Å². The third-order valence-corrected chi connectivity index (χ3v) is 3.06. The average Bonchev–Trinajstić information content (AvgIpc) is 2.82. The zero-order valence-corrected chi connectivity index (χ0v) is 9.60. The molecule has 4 nitrogen and oxygen atoms in total. The third kappa shape index (κ3) is 2.08. The first-order chi connectivity index (χ1) is 7.33. The molecule has 0 spiro atoms. The summed E-state index contributed by atoms with van der Waals surface area (Å²) in [4.78, 5) is 9.47. The number of aromatic nitrogens is 2. The second kappa shape index (κ2) is 4.55. The molecule has 80 valence electrons. The molecule has 0 aliphatic rings. The molecule has 2 heterocycles. The molecular formula is C10H13N3OS. The molecule has 15 heavy (non-hydrogen) atoms. The summed E-state index contributed by atoms with van der Waals surface area (Å²) in [5, 5.41) is 3.23. The van der Waals surface area contributed by atoms with E-state index in [4.69, 9.17) is 4.42 Å². The maximum absolute atomic E-state index is 5.41. The van der Waals surface area contributed by atoms with Gasteiger partial charge < -0.3 is 9.73 Å². The minimum Gasteiger partial charge on any atom is -0.442 e. The minimum atomic E-state index is 0.736. The van der Waals surface area contributed by atoms with E-state index in [9.17, 15) is 0 Å². The molecule has 2 aromatic heterocycles. The summed E-state index contributed by atoms with van der Waals surface area (Å²) in [5.41, 5.74) is 3.77. The highest BCUT2D eigenvalue weighted by Crippen LogP contribution is 2.29. The van der Waals surface area contributed by atoms with Crippen LogP contribution in [0.3, 0.4) is 0 Å². The fourth-order valence-corrected chi connectivity index (χ4v) is 2.16. The molecule has 2 rings (SSSR count). The molecule has 1 N–H and O–H groups in total. The van der Waals surface area contributed by atoms with Gasteiger partial charge in [0.2, 0.25) is 0 Å². The van der Waals surface area contributed by atoms with E-state index in [1.54, 1.807) is 11.3 Å². The summed E-state index contributed by atoms with van der Waals surface area (Å²) in [7, 11) is 0. The molecule has 0 fully saturated rings. The second-order valence-corrected chi connectivity index (χ2v) is 4.03. The molecule has 0 aliphatic carbocycles. The first-order valence-corrected chi connectivity index (χ1v) is 5.74. The van der Waals surface area contributed by atoms with Gasteiger partial charge in [-0.2, -0.15) is 0 Å². The van der Waals surface area contributed by atoms with Crippen molar-refractivity contribution in [2.45, 2.75) is 20.4 Å². The van der Waals surface area contributed by atoms with Crippen molar-refractivity contribution in [2.75, 3.05) is 6.54 Å². The number of nitrogens with zero attached hydrogens (tertiary/aromatic N) is 2. The van der Waals surface area contributed by atoms with Crippen LogP contribution >= 0.6 is 11.3 Å². The predicted molar refractivity (Wildman–Crippen MR) is 59.7 cm³/mol. The van der Waals surface area contributed by atoms with Gasteiger partial charge in [0.1, 0.15) is 5.69 Å². The smallest absolute Gasteiger partial charge is 0.181 e. The highest BCUT2D eigenvalue weighted by atomic mass is 32.1. The molecule has 0 bridgehead atoms. The first kappa shape index (κ1) is 10.3. The Kier molecular flexibility index (Phi) is 3.13. The minimum absolute atomic E-state index is 0.736. The molecule has 0 saturated carbocycles. The van der Waals surface area contributed by atoms with E-state index in [1.807, 2.05) is 12.4 Å². The quantitative estimate of drug-likeness (QED) is 0.863. The van der Waals surface area contributed by atoms with Gasteiger partial charge in [0.25, 0.3) is 0 Å². The normalized spacial score (nSPS) is 10.8. The number of aryl methyl sites for hydroxylation is 1. The van der Waals surface area contributed by atoms with Crippen LogP contribution in [0.5, 0.6) is 0 Å². The molecule has 0 aromatic carbocycles. The molecule has 0 unspecified atom stereocenters. The maximum Gasteiger partial charge on any atom is 0.181 e. The van der Waals surface area contributed by atoms with E-state index < -0.39 is 0 Å². The lowest BCUT2D eigenvalue weighted by molar-refractivity contribution is 0.570. The SMILES string of the molecule is CCNCc1ncoc1-c1scnc1C. The summed E-state index contributed by atoms with van der Waals surface area (Å²) in [6.07, 6.45) is 1.49. The van der Waals surface area contributed by atoms with Crippen LogP contribution in [0.25, 0.3) is 10.6 Å². The topological polar surface area (TPSA) is 51.0 Å². The lowest BCUT2D eigenvalue weighted by Gasteiger charge is -1.99. The number of oxazole rings is 1. The molecule has 0 radical (unpaired) electrons. The lowest BCUT2D eigenvalue weighted by atomic mass is 10.2. The third-order valence-electron chi connectivity index (χ3n) is 2.14. The van der Waals surface area contributed by atoms with Crippen LogP contribution in [0.2, 0.25) is 0 Å². The van der Waals surface area contributed by atoms with Crippen molar-refractivity contribution in [1.82, 2.24) is 15.3 Å². The zero-order valence-electron chi connectivity index (χ0n) is 8.78. The molecule has 0 aliphatic heterocycles. The van der Waals surface area contributed by atoms with Crippen molar-refractivity contribution < 1.29 is 4.42 Å². The van der Waals surface area contributed by atoms with Crippen LogP contribution in [0.4, 0.5) is 0 Å². The van der Waals surface area contributed by atoms with Gasteiger partial charge >= 0.3 is 0 Å². The Bertz CT molecular complexity index is 435. The number of nitrogens with one attached hydrogen (secondary N) is 1. The molecule has 0 atom stereocenters. The molecule has 5 heteroatoms. The molecule has 2 aromatic rings. The van der Waals surface area contributed by atoms with Crippen LogP contribution in [0.1, 0.15) is 18.3 Å². The Morgan fingerprint density at radius 1 is 1.47 bits per heavy atom. The molecule has 0 amide bonds.